The maximum absolute atomic E-state index is 11.5. The lowest BCUT2D eigenvalue weighted by atomic mass is 10.3. The Morgan fingerprint density at radius 1 is 1.46 bits per heavy atom. The molecule has 0 saturated carbocycles. The van der Waals surface area contributed by atoms with Crippen molar-refractivity contribution in [2.45, 2.75) is 26.2 Å². The van der Waals surface area contributed by atoms with E-state index in [0.29, 0.717) is 6.54 Å². The van der Waals surface area contributed by atoms with Crippen molar-refractivity contribution in [2.75, 3.05) is 12.3 Å². The van der Waals surface area contributed by atoms with Crippen LogP contribution in [0.15, 0.2) is 12.3 Å². The van der Waals surface area contributed by atoms with Crippen LogP contribution in [0.5, 0.6) is 0 Å². The summed E-state index contributed by atoms with van der Waals surface area (Å²) in [5, 5.41) is 0. The van der Waals surface area contributed by atoms with Crippen molar-refractivity contribution in [3.05, 3.63) is 12.3 Å². The Morgan fingerprint density at radius 3 is 2.77 bits per heavy atom. The van der Waals surface area contributed by atoms with Gasteiger partial charge in [0.1, 0.15) is 0 Å². The van der Waals surface area contributed by atoms with E-state index >= 15 is 0 Å². The van der Waals surface area contributed by atoms with Crippen molar-refractivity contribution in [2.24, 2.45) is 0 Å². The predicted octanol–water partition coefficient (Wildman–Crippen LogP) is 0.840. The van der Waals surface area contributed by atoms with E-state index in [1.165, 1.54) is 4.41 Å². The zero-order valence-corrected chi connectivity index (χ0v) is 8.68. The molecule has 0 aromatic carbocycles. The van der Waals surface area contributed by atoms with Gasteiger partial charge in [-0.05, 0) is 6.42 Å². The second kappa shape index (κ2) is 4.62. The van der Waals surface area contributed by atoms with Crippen molar-refractivity contribution >= 4 is 10.0 Å². The fourth-order valence-corrected chi connectivity index (χ4v) is 2.50. The van der Waals surface area contributed by atoms with E-state index in [-0.39, 0.29) is 5.75 Å². The highest BCUT2D eigenvalue weighted by Gasteiger charge is 2.21. The molecule has 0 aromatic heterocycles. The summed E-state index contributed by atoms with van der Waals surface area (Å²) >= 11 is 0. The first kappa shape index (κ1) is 10.5. The third-order valence-electron chi connectivity index (χ3n) is 1.95. The van der Waals surface area contributed by atoms with Gasteiger partial charge in [0, 0.05) is 6.20 Å². The topological polar surface area (TPSA) is 49.4 Å². The van der Waals surface area contributed by atoms with Gasteiger partial charge in [0.05, 0.1) is 12.3 Å². The molecular formula is C8H16N2O2S. The van der Waals surface area contributed by atoms with E-state index in [4.69, 9.17) is 0 Å². The Kier molecular flexibility index (Phi) is 3.74. The molecule has 1 N–H and O–H groups in total. The molecule has 5 heteroatoms. The minimum Gasteiger partial charge on any atom is -0.313 e. The van der Waals surface area contributed by atoms with Gasteiger partial charge in [0.25, 0.3) is 0 Å². The Balaban J connectivity index is 2.37. The number of sulfonamides is 1. The van der Waals surface area contributed by atoms with Crippen LogP contribution in [-0.2, 0) is 10.0 Å². The van der Waals surface area contributed by atoms with Gasteiger partial charge in [-0.3, -0.25) is 0 Å². The van der Waals surface area contributed by atoms with E-state index in [0.717, 1.165) is 19.3 Å². The van der Waals surface area contributed by atoms with Gasteiger partial charge in [-0.1, -0.05) is 25.8 Å². The highest BCUT2D eigenvalue weighted by molar-refractivity contribution is 7.89. The lowest BCUT2D eigenvalue weighted by Crippen LogP contribution is -2.37. The summed E-state index contributed by atoms with van der Waals surface area (Å²) in [6.45, 7) is 2.51. The number of unbranched alkanes of at least 4 members (excludes halogenated alkanes) is 2. The van der Waals surface area contributed by atoms with E-state index in [1.807, 2.05) is 0 Å². The molecule has 4 nitrogen and oxygen atoms in total. The van der Waals surface area contributed by atoms with Crippen molar-refractivity contribution in [1.82, 2.24) is 9.84 Å². The van der Waals surface area contributed by atoms with Gasteiger partial charge in [-0.2, -0.15) is 0 Å². The fraction of sp³-hybridized carbons (Fsp3) is 0.750. The molecular weight excluding hydrogens is 188 g/mol. The number of rotatable bonds is 5. The van der Waals surface area contributed by atoms with Crippen molar-refractivity contribution in [3.63, 3.8) is 0 Å². The Morgan fingerprint density at radius 2 is 2.23 bits per heavy atom. The summed E-state index contributed by atoms with van der Waals surface area (Å²) in [5.74, 6) is 0.246. The van der Waals surface area contributed by atoms with Crippen LogP contribution in [0.3, 0.4) is 0 Å². The van der Waals surface area contributed by atoms with Crippen LogP contribution >= 0.6 is 0 Å². The summed E-state index contributed by atoms with van der Waals surface area (Å²) < 4.78 is 24.3. The third kappa shape index (κ3) is 3.00. The minimum absolute atomic E-state index is 0.246. The summed E-state index contributed by atoms with van der Waals surface area (Å²) in [7, 11) is -3.07. The summed E-state index contributed by atoms with van der Waals surface area (Å²) in [4.78, 5) is 0. The summed E-state index contributed by atoms with van der Waals surface area (Å²) in [5.41, 5.74) is 2.69. The van der Waals surface area contributed by atoms with Gasteiger partial charge in [-0.25, -0.2) is 8.42 Å². The van der Waals surface area contributed by atoms with Crippen molar-refractivity contribution < 1.29 is 8.42 Å². The first-order chi connectivity index (χ1) is 6.17. The number of nitrogens with one attached hydrogen (secondary N) is 1. The van der Waals surface area contributed by atoms with Crippen LogP contribution < -0.4 is 5.43 Å². The molecule has 1 heterocycles. The zero-order chi connectivity index (χ0) is 9.73. The van der Waals surface area contributed by atoms with Crippen LogP contribution in [0.1, 0.15) is 26.2 Å². The van der Waals surface area contributed by atoms with Gasteiger partial charge in [0.15, 0.2) is 0 Å². The van der Waals surface area contributed by atoms with Crippen LogP contribution in [0, 0.1) is 0 Å². The van der Waals surface area contributed by atoms with Gasteiger partial charge in [0.2, 0.25) is 10.0 Å². The maximum Gasteiger partial charge on any atom is 0.231 e. The van der Waals surface area contributed by atoms with Gasteiger partial charge >= 0.3 is 0 Å². The molecule has 1 aliphatic heterocycles. The van der Waals surface area contributed by atoms with Crippen LogP contribution in [0.4, 0.5) is 0 Å². The largest absolute Gasteiger partial charge is 0.313 e. The van der Waals surface area contributed by atoms with Crippen molar-refractivity contribution in [3.8, 4) is 0 Å². The molecule has 0 atom stereocenters. The number of nitrogens with zero attached hydrogens (tertiary/aromatic N) is 1. The molecule has 0 radical (unpaired) electrons. The van der Waals surface area contributed by atoms with Gasteiger partial charge < -0.3 is 5.43 Å². The molecule has 0 saturated heterocycles. The molecule has 0 unspecified atom stereocenters. The first-order valence-electron chi connectivity index (χ1n) is 4.58. The summed E-state index contributed by atoms with van der Waals surface area (Å²) in [6, 6.07) is 0. The van der Waals surface area contributed by atoms with E-state index in [2.05, 4.69) is 12.3 Å². The predicted molar refractivity (Wildman–Crippen MR) is 52.3 cm³/mol. The third-order valence-corrected chi connectivity index (χ3v) is 3.68. The standard InChI is InChI=1S/C8H16N2O2S/c1-2-3-4-8-13(11,12)10-7-5-6-9-10/h5-6,9H,2-4,7-8H2,1H3. The smallest absolute Gasteiger partial charge is 0.231 e. The molecule has 0 fully saturated rings. The van der Waals surface area contributed by atoms with Crippen LogP contribution in [-0.4, -0.2) is 25.1 Å². The molecule has 0 aromatic rings. The summed E-state index contributed by atoms with van der Waals surface area (Å²) in [6.07, 6.45) is 6.20. The maximum atomic E-state index is 11.5. The number of hydrogen-bond acceptors (Lipinski definition) is 3. The van der Waals surface area contributed by atoms with Crippen molar-refractivity contribution in [1.29, 1.82) is 0 Å². The van der Waals surface area contributed by atoms with E-state index in [1.54, 1.807) is 12.3 Å². The normalized spacial score (nSPS) is 17.6. The molecule has 0 bridgehead atoms. The minimum atomic E-state index is -3.07. The fourth-order valence-electron chi connectivity index (χ4n) is 1.18. The average Bonchev–Trinajstić information content (AvgIpc) is 2.56. The zero-order valence-electron chi connectivity index (χ0n) is 7.86. The Hall–Kier alpha value is -0.550. The average molecular weight is 204 g/mol. The highest BCUT2D eigenvalue weighted by atomic mass is 32.2. The second-order valence-corrected chi connectivity index (χ2v) is 5.10. The monoisotopic (exact) mass is 204 g/mol. The molecule has 0 amide bonds. The Bertz CT molecular complexity index is 264. The van der Waals surface area contributed by atoms with Crippen LogP contribution in [0.25, 0.3) is 0 Å². The molecule has 13 heavy (non-hydrogen) atoms. The lowest BCUT2D eigenvalue weighted by molar-refractivity contribution is 0.412. The molecule has 0 spiro atoms. The quantitative estimate of drug-likeness (QED) is 0.675. The SMILES string of the molecule is CCCCCS(=O)(=O)N1CC=CN1. The molecule has 1 rings (SSSR count). The highest BCUT2D eigenvalue weighted by Crippen LogP contribution is 2.06. The number of hydrogen-bond donors (Lipinski definition) is 1. The van der Waals surface area contributed by atoms with Gasteiger partial charge in [-0.15, -0.1) is 4.41 Å². The molecule has 1 aliphatic rings. The lowest BCUT2D eigenvalue weighted by Gasteiger charge is -2.15. The second-order valence-electron chi connectivity index (χ2n) is 3.09. The number of hydrazine groups is 1. The van der Waals surface area contributed by atoms with E-state index in [9.17, 15) is 8.42 Å². The van der Waals surface area contributed by atoms with E-state index < -0.39 is 10.0 Å². The van der Waals surface area contributed by atoms with Crippen LogP contribution in [0.2, 0.25) is 0 Å². The Labute approximate surface area is 79.6 Å². The first-order valence-corrected chi connectivity index (χ1v) is 6.19. The molecule has 76 valence electrons. The molecule has 0 aliphatic carbocycles.